The molecule has 0 spiro atoms. The van der Waals surface area contributed by atoms with Crippen molar-refractivity contribution in [3.05, 3.63) is 484 Å². The molecular weight excluding hydrogens is 1620 g/mol. The summed E-state index contributed by atoms with van der Waals surface area (Å²) in [4.78, 5) is 48.5. The van der Waals surface area contributed by atoms with E-state index in [1.165, 1.54) is 78.9 Å². The van der Waals surface area contributed by atoms with Crippen molar-refractivity contribution in [3.63, 3.8) is 0 Å². The summed E-state index contributed by atoms with van der Waals surface area (Å²) in [6.45, 7) is 9.29. The van der Waals surface area contributed by atoms with Gasteiger partial charge in [0.1, 0.15) is 5.82 Å². The molecule has 0 saturated heterocycles. The molecule has 14 aromatic carbocycles. The lowest BCUT2D eigenvalue weighted by Gasteiger charge is -2.29. The SMILES string of the molecule is CC1(C)c2ccccc2-c2cccc(-c3nc(-c4ccc(-c5ccc(F)cc5)cc4)nc(-c4ccc5c(c4)C4C=CC=CC4C5(C)C)n3)c21.c1ccc(-c2ccc(-c3cc(-c4ccc(-c5ccccc5)cc4)nc(-c4ccc(-c5ccccc5)cc4)n3)cc2)cc1.c1cncc(-c2ccc(-c3cc(-c4ccc(-c5cccnc5)cc4)nc(-c4ccc(-c5cccnc5)cc4)n3)cc2)c1. The quantitative estimate of drug-likeness (QED) is 0.0922. The highest BCUT2D eigenvalue weighted by atomic mass is 19.1. The summed E-state index contributed by atoms with van der Waals surface area (Å²) in [7, 11) is 0. The average molecular weight is 1710 g/mol. The van der Waals surface area contributed by atoms with Crippen LogP contribution in [0.15, 0.2) is 456 Å². The fourth-order valence-corrected chi connectivity index (χ4v) is 18.8. The van der Waals surface area contributed by atoms with E-state index in [2.05, 4.69) is 376 Å². The molecule has 0 bridgehead atoms. The Morgan fingerprint density at radius 1 is 0.226 bits per heavy atom. The van der Waals surface area contributed by atoms with E-state index in [0.717, 1.165) is 117 Å². The van der Waals surface area contributed by atoms with Crippen LogP contribution in [-0.4, -0.2) is 49.8 Å². The minimum absolute atomic E-state index is 0.0344. The van der Waals surface area contributed by atoms with E-state index in [1.54, 1.807) is 30.7 Å². The van der Waals surface area contributed by atoms with E-state index in [-0.39, 0.29) is 16.6 Å². The number of benzene rings is 14. The van der Waals surface area contributed by atoms with Crippen LogP contribution in [0.25, 0.3) is 191 Å². The summed E-state index contributed by atoms with van der Waals surface area (Å²) in [6.07, 6.45) is 20.0. The number of aromatic nitrogens is 10. The van der Waals surface area contributed by atoms with Gasteiger partial charge in [-0.15, -0.1) is 0 Å². The van der Waals surface area contributed by atoms with E-state index in [1.807, 2.05) is 79.3 Å². The standard InChI is InChI=1S/C45H36FN3.C40H28N2.C37H25N5/c1-44(2)37-14-7-6-11-33(37)36-26-30(22-25-39(36)44)42-47-41(29-18-16-27(17-19-29)28-20-23-31(46)24-21-28)48-43(49-42)35-13-9-12-34-32-10-5-8-15-38(32)45(3,4)40(34)35;1-4-10-29(11-5-1)32-16-22-35(23-17-32)38-28-39(36-24-18-33(19-25-36)30-12-6-2-7-13-30)42-40(41-38)37-26-20-34(21-27-37)31-14-8-3-9-15-31;1-4-32(23-38-19-1)26-7-13-29(14-8-26)35-22-36(30-15-9-27(10-16-30)33-5-2-20-39-24-33)42-37(41-35)31-17-11-28(12-18-31)34-6-3-21-40-25-34/h5-26,33,37H,1-4H3;1-28H;1-25H. The van der Waals surface area contributed by atoms with Crippen molar-refractivity contribution in [1.29, 1.82) is 0 Å². The van der Waals surface area contributed by atoms with Crippen molar-refractivity contribution in [2.45, 2.75) is 44.4 Å². The molecule has 23 rings (SSSR count). The van der Waals surface area contributed by atoms with Crippen LogP contribution in [0.4, 0.5) is 4.39 Å². The molecule has 2 unspecified atom stereocenters. The zero-order valence-corrected chi connectivity index (χ0v) is 73.8. The maximum Gasteiger partial charge on any atom is 0.164 e. The Hall–Kier alpha value is -16.9. The smallest absolute Gasteiger partial charge is 0.164 e. The van der Waals surface area contributed by atoms with Crippen molar-refractivity contribution in [3.8, 4) is 191 Å². The molecule has 2 atom stereocenters. The molecule has 6 aromatic heterocycles. The summed E-state index contributed by atoms with van der Waals surface area (Å²) in [5.41, 5.74) is 35.7. The van der Waals surface area contributed by atoms with Crippen LogP contribution in [0.5, 0.6) is 0 Å². The second-order valence-corrected chi connectivity index (χ2v) is 34.8. The molecule has 0 N–H and O–H groups in total. The molecular formula is C122H89FN10. The molecule has 3 aliphatic rings. The monoisotopic (exact) mass is 1710 g/mol. The number of hydrogen-bond donors (Lipinski definition) is 0. The normalized spacial score (nSPS) is 13.8. The first-order chi connectivity index (χ1) is 65.3. The van der Waals surface area contributed by atoms with E-state index in [9.17, 15) is 4.39 Å². The minimum Gasteiger partial charge on any atom is -0.264 e. The number of rotatable bonds is 16. The fourth-order valence-electron chi connectivity index (χ4n) is 18.8. The summed E-state index contributed by atoms with van der Waals surface area (Å²) in [5.74, 6) is 3.83. The van der Waals surface area contributed by atoms with Gasteiger partial charge >= 0.3 is 0 Å². The van der Waals surface area contributed by atoms with Crippen molar-refractivity contribution in [2.75, 3.05) is 0 Å². The molecule has 133 heavy (non-hydrogen) atoms. The molecule has 3 aliphatic carbocycles. The zero-order valence-electron chi connectivity index (χ0n) is 73.8. The van der Waals surface area contributed by atoms with Crippen LogP contribution in [0, 0.1) is 11.7 Å². The number of pyridine rings is 3. The average Bonchev–Trinajstić information content (AvgIpc) is 1.74. The van der Waals surface area contributed by atoms with E-state index in [0.29, 0.717) is 41.0 Å². The molecule has 11 heteroatoms. The van der Waals surface area contributed by atoms with Gasteiger partial charge in [-0.25, -0.2) is 39.3 Å². The Kier molecular flexibility index (Phi) is 22.7. The first kappa shape index (κ1) is 83.0. The Morgan fingerprint density at radius 2 is 0.526 bits per heavy atom. The molecule has 0 radical (unpaired) electrons. The number of allylic oxidation sites excluding steroid dienone is 4. The molecule has 10 nitrogen and oxygen atoms in total. The van der Waals surface area contributed by atoms with E-state index >= 15 is 0 Å². The van der Waals surface area contributed by atoms with Gasteiger partial charge < -0.3 is 0 Å². The summed E-state index contributed by atoms with van der Waals surface area (Å²) < 4.78 is 13.6. The zero-order chi connectivity index (χ0) is 89.8. The first-order valence-corrected chi connectivity index (χ1v) is 44.9. The van der Waals surface area contributed by atoms with Gasteiger partial charge in [0, 0.05) is 98.6 Å². The lowest BCUT2D eigenvalue weighted by molar-refractivity contribution is 0.394. The molecule has 0 saturated carbocycles. The van der Waals surface area contributed by atoms with Gasteiger partial charge in [-0.05, 0) is 171 Å². The van der Waals surface area contributed by atoms with Crippen molar-refractivity contribution >= 4 is 0 Å². The van der Waals surface area contributed by atoms with Gasteiger partial charge in [-0.3, -0.25) is 15.0 Å². The highest BCUT2D eigenvalue weighted by molar-refractivity contribution is 5.88. The largest absolute Gasteiger partial charge is 0.264 e. The Bertz CT molecular complexity index is 6860. The topological polar surface area (TPSA) is 129 Å². The fraction of sp³-hybridized carbons (Fsp3) is 0.0656. The van der Waals surface area contributed by atoms with Gasteiger partial charge in [-0.1, -0.05) is 398 Å². The van der Waals surface area contributed by atoms with Crippen molar-refractivity contribution in [1.82, 2.24) is 49.8 Å². The summed E-state index contributed by atoms with van der Waals surface area (Å²) in [5, 5.41) is 0. The first-order valence-electron chi connectivity index (χ1n) is 44.9. The Labute approximate surface area is 774 Å². The molecule has 0 aliphatic heterocycles. The van der Waals surface area contributed by atoms with Gasteiger partial charge in [0.05, 0.1) is 22.8 Å². The number of fused-ring (bicyclic) bond motifs is 6. The second kappa shape index (κ2) is 36.3. The van der Waals surface area contributed by atoms with Crippen molar-refractivity contribution < 1.29 is 4.39 Å². The highest BCUT2D eigenvalue weighted by Crippen LogP contribution is 2.55. The van der Waals surface area contributed by atoms with Gasteiger partial charge in [0.15, 0.2) is 29.1 Å². The van der Waals surface area contributed by atoms with E-state index in [4.69, 9.17) is 34.9 Å². The van der Waals surface area contributed by atoms with Crippen LogP contribution in [0.2, 0.25) is 0 Å². The third-order valence-corrected chi connectivity index (χ3v) is 25.9. The van der Waals surface area contributed by atoms with Crippen LogP contribution in [-0.2, 0) is 10.8 Å². The Morgan fingerprint density at radius 3 is 0.925 bits per heavy atom. The number of halogens is 1. The highest BCUT2D eigenvalue weighted by Gasteiger charge is 2.45. The summed E-state index contributed by atoms with van der Waals surface area (Å²) >= 11 is 0. The second-order valence-electron chi connectivity index (χ2n) is 34.8. The third kappa shape index (κ3) is 17.3. The van der Waals surface area contributed by atoms with Crippen LogP contribution in [0.1, 0.15) is 55.9 Å². The molecule has 0 fully saturated rings. The maximum atomic E-state index is 13.6. The predicted octanol–water partition coefficient (Wildman–Crippen LogP) is 30.2. The van der Waals surface area contributed by atoms with Crippen molar-refractivity contribution in [2.24, 2.45) is 5.92 Å². The molecule has 634 valence electrons. The number of nitrogens with zero attached hydrogens (tertiary/aromatic N) is 10. The number of hydrogen-bond acceptors (Lipinski definition) is 10. The summed E-state index contributed by atoms with van der Waals surface area (Å²) in [6, 6.07) is 135. The Balaban J connectivity index is 0.000000121. The van der Waals surface area contributed by atoms with Gasteiger partial charge in [0.2, 0.25) is 0 Å². The van der Waals surface area contributed by atoms with Crippen LogP contribution < -0.4 is 0 Å². The minimum atomic E-state index is -0.245. The third-order valence-electron chi connectivity index (χ3n) is 25.9. The van der Waals surface area contributed by atoms with E-state index < -0.39 is 0 Å². The maximum absolute atomic E-state index is 13.6. The molecule has 6 heterocycles. The van der Waals surface area contributed by atoms with Crippen LogP contribution >= 0.6 is 0 Å². The molecule has 20 aromatic rings. The lowest BCUT2D eigenvalue weighted by atomic mass is 9.74. The van der Waals surface area contributed by atoms with Crippen LogP contribution in [0.3, 0.4) is 0 Å². The predicted molar refractivity (Wildman–Crippen MR) is 539 cm³/mol. The lowest BCUT2D eigenvalue weighted by Crippen LogP contribution is -2.24. The van der Waals surface area contributed by atoms with Gasteiger partial charge in [0.25, 0.3) is 0 Å². The van der Waals surface area contributed by atoms with Gasteiger partial charge in [-0.2, -0.15) is 0 Å². The molecule has 0 amide bonds.